The van der Waals surface area contributed by atoms with E-state index in [9.17, 15) is 39.4 Å². The number of carbonyl (C=O) groups is 3. The van der Waals surface area contributed by atoms with Crippen molar-refractivity contribution in [3.8, 4) is 11.5 Å². The van der Waals surface area contributed by atoms with Crippen LogP contribution in [0.3, 0.4) is 0 Å². The van der Waals surface area contributed by atoms with Gasteiger partial charge in [0.25, 0.3) is 0 Å². The zero-order chi connectivity index (χ0) is 32.4. The lowest BCUT2D eigenvalue weighted by molar-refractivity contribution is -0.159. The van der Waals surface area contributed by atoms with E-state index >= 15 is 0 Å². The van der Waals surface area contributed by atoms with E-state index in [1.165, 1.54) is 51.2 Å². The highest BCUT2D eigenvalue weighted by atomic mass is 31.2. The number of hydrogen-bond donors (Lipinski definition) is 4. The summed E-state index contributed by atoms with van der Waals surface area (Å²) in [5, 5.41) is 46.6. The smallest absolute Gasteiger partial charge is 0.416 e. The van der Waals surface area contributed by atoms with Gasteiger partial charge in [-0.1, -0.05) is 30.3 Å². The lowest BCUT2D eigenvalue weighted by Crippen LogP contribution is -2.66. The quantitative estimate of drug-likeness (QED) is 0.248. The summed E-state index contributed by atoms with van der Waals surface area (Å²) >= 11 is 0. The molecule has 4 N–H and O–H groups in total. The van der Waals surface area contributed by atoms with E-state index in [2.05, 4.69) is 0 Å². The van der Waals surface area contributed by atoms with Crippen LogP contribution >= 0.6 is 7.60 Å². The van der Waals surface area contributed by atoms with Crippen molar-refractivity contribution in [1.29, 1.82) is 0 Å². The van der Waals surface area contributed by atoms with Crippen molar-refractivity contribution in [2.75, 3.05) is 27.6 Å². The molecule has 234 valence electrons. The molecule has 0 spiro atoms. The van der Waals surface area contributed by atoms with Gasteiger partial charge in [0.1, 0.15) is 28.6 Å². The molecule has 1 fully saturated rings. The lowest BCUT2D eigenvalue weighted by Gasteiger charge is -2.53. The summed E-state index contributed by atoms with van der Waals surface area (Å²) in [6.07, 6.45) is -0.825. The number of aliphatic hydroxyl groups excluding tert-OH is 2. The Morgan fingerprint density at radius 1 is 1.07 bits per heavy atom. The maximum Gasteiger partial charge on any atom is 0.416 e. The fourth-order valence-corrected chi connectivity index (χ4v) is 7.59. The second-order valence-electron chi connectivity index (χ2n) is 11.6. The number of carbonyl (C=O) groups excluding carboxylic acids is 3. The average molecular weight is 628 g/mol. The van der Waals surface area contributed by atoms with Crippen LogP contribution in [0.15, 0.2) is 65.4 Å². The van der Waals surface area contributed by atoms with Crippen LogP contribution in [0, 0.1) is 11.8 Å². The van der Waals surface area contributed by atoms with E-state index in [4.69, 9.17) is 13.8 Å². The number of hydrogen-bond acceptors (Lipinski definition) is 12. The molecule has 3 aliphatic rings. The molecule has 0 heterocycles. The fraction of sp³-hybridized carbons (Fsp3) is 0.387. The van der Waals surface area contributed by atoms with E-state index in [0.717, 1.165) is 6.92 Å². The van der Waals surface area contributed by atoms with Gasteiger partial charge in [-0.25, -0.2) is 4.57 Å². The number of likely N-dealkylation sites (N-methyl/N-ethyl adjacent to an activating group) is 1. The molecule has 2 aromatic rings. The molecule has 0 radical (unpaired) electrons. The first kappa shape index (κ1) is 31.6. The van der Waals surface area contributed by atoms with Crippen LogP contribution in [0.5, 0.6) is 11.5 Å². The maximum absolute atomic E-state index is 14.2. The zero-order valence-corrected chi connectivity index (χ0v) is 25.7. The molecule has 2 aromatic carbocycles. The summed E-state index contributed by atoms with van der Waals surface area (Å²) in [6, 6.07) is 11.6. The Balaban J connectivity index is 1.62. The first-order valence-electron chi connectivity index (χ1n) is 13.8. The summed E-state index contributed by atoms with van der Waals surface area (Å²) in [5.41, 5.74) is -5.64. The SMILES string of the molecule is COP(=O)(COc1cccc2c1C(O)=C1C(=O)C3(O)C(O)=C(C(C)=O)C(=O)C(N(C)C)C3CC1C2(C)O)Oc1ccccc1. The normalized spacial score (nSPS) is 29.5. The second kappa shape index (κ2) is 11.0. The monoisotopic (exact) mass is 627 g/mol. The van der Waals surface area contributed by atoms with E-state index in [1.54, 1.807) is 30.3 Å². The van der Waals surface area contributed by atoms with Crippen molar-refractivity contribution in [1.82, 2.24) is 4.90 Å². The van der Waals surface area contributed by atoms with Crippen molar-refractivity contribution in [2.45, 2.75) is 37.5 Å². The van der Waals surface area contributed by atoms with E-state index in [-0.39, 0.29) is 29.0 Å². The second-order valence-corrected chi connectivity index (χ2v) is 13.6. The van der Waals surface area contributed by atoms with Gasteiger partial charge in [0.05, 0.1) is 17.2 Å². The molecule has 44 heavy (non-hydrogen) atoms. The minimum absolute atomic E-state index is 0.0729. The number of para-hydroxylation sites is 1. The standard InChI is InChI=1S/C31H34NO11P/c1-16(33)22-27(35)25(32(3)4)20-14-19-24(29(37)31(20,39)28(22)36)26(34)23-18(30(19,2)38)12-9-13-21(23)42-15-44(40,41-5)43-17-10-7-6-8-11-17/h6-13,19-20,25,34,36,38-39H,14-15H2,1-5H3. The highest BCUT2D eigenvalue weighted by Crippen LogP contribution is 2.58. The number of benzene rings is 2. The number of ketones is 3. The van der Waals surface area contributed by atoms with Crippen LogP contribution in [0.25, 0.3) is 5.76 Å². The number of rotatable bonds is 8. The minimum atomic E-state index is -3.89. The van der Waals surface area contributed by atoms with Crippen molar-refractivity contribution in [3.05, 3.63) is 76.6 Å². The van der Waals surface area contributed by atoms with Crippen LogP contribution in [0.2, 0.25) is 0 Å². The first-order valence-corrected chi connectivity index (χ1v) is 15.6. The van der Waals surface area contributed by atoms with Gasteiger partial charge in [-0.3, -0.25) is 19.3 Å². The average Bonchev–Trinajstić information content (AvgIpc) is 2.96. The van der Waals surface area contributed by atoms with Crippen LogP contribution in [-0.2, 0) is 29.1 Å². The van der Waals surface area contributed by atoms with Crippen molar-refractivity contribution in [2.24, 2.45) is 11.8 Å². The molecule has 6 unspecified atom stereocenters. The molecule has 5 rings (SSSR count). The maximum atomic E-state index is 14.2. The van der Waals surface area contributed by atoms with Crippen molar-refractivity contribution in [3.63, 3.8) is 0 Å². The molecule has 3 aliphatic carbocycles. The van der Waals surface area contributed by atoms with Gasteiger partial charge in [-0.2, -0.15) is 0 Å². The zero-order valence-electron chi connectivity index (χ0n) is 24.8. The van der Waals surface area contributed by atoms with Crippen LogP contribution in [0.1, 0.15) is 31.4 Å². The molecule has 1 saturated carbocycles. The topological polar surface area (TPSA) is 180 Å². The summed E-state index contributed by atoms with van der Waals surface area (Å²) < 4.78 is 29.9. The number of Topliss-reactive ketones (excluding diaryl/α,β-unsaturated/α-hetero) is 3. The molecule has 0 aromatic heterocycles. The molecular weight excluding hydrogens is 593 g/mol. The van der Waals surface area contributed by atoms with E-state index in [0.29, 0.717) is 0 Å². The van der Waals surface area contributed by atoms with Crippen LogP contribution in [-0.4, -0.2) is 81.9 Å². The van der Waals surface area contributed by atoms with Crippen molar-refractivity contribution >= 4 is 30.7 Å². The summed E-state index contributed by atoms with van der Waals surface area (Å²) in [4.78, 5) is 41.4. The number of aliphatic hydroxyl groups is 4. The third kappa shape index (κ3) is 4.69. The largest absolute Gasteiger partial charge is 0.508 e. The Hall–Kier alpha value is -3.80. The molecule has 0 bridgehead atoms. The van der Waals surface area contributed by atoms with Gasteiger partial charge in [0.15, 0.2) is 17.2 Å². The van der Waals surface area contributed by atoms with E-state index in [1.807, 2.05) is 0 Å². The molecule has 0 amide bonds. The van der Waals surface area contributed by atoms with Crippen molar-refractivity contribution < 1.29 is 53.2 Å². The van der Waals surface area contributed by atoms with E-state index < -0.39 is 83.0 Å². The van der Waals surface area contributed by atoms with Gasteiger partial charge >= 0.3 is 7.60 Å². The van der Waals surface area contributed by atoms with Gasteiger partial charge in [0.2, 0.25) is 12.1 Å². The Bertz CT molecular complexity index is 1660. The fourth-order valence-electron chi connectivity index (χ4n) is 6.62. The van der Waals surface area contributed by atoms with Crippen LogP contribution in [0.4, 0.5) is 0 Å². The molecule has 0 aliphatic heterocycles. The van der Waals surface area contributed by atoms with Gasteiger partial charge < -0.3 is 34.2 Å². The highest BCUT2D eigenvalue weighted by Gasteiger charge is 2.66. The summed E-state index contributed by atoms with van der Waals surface area (Å²) in [6.45, 7) is 2.47. The number of fused-ring (bicyclic) bond motifs is 3. The van der Waals surface area contributed by atoms with Crippen LogP contribution < -0.4 is 9.26 Å². The Morgan fingerprint density at radius 3 is 2.32 bits per heavy atom. The molecule has 13 heteroatoms. The summed E-state index contributed by atoms with van der Waals surface area (Å²) in [7, 11) is 0.368. The van der Waals surface area contributed by atoms with Gasteiger partial charge in [0, 0.05) is 24.5 Å². The Labute approximate surface area is 253 Å². The Kier molecular flexibility index (Phi) is 7.89. The third-order valence-electron chi connectivity index (χ3n) is 8.75. The predicted molar refractivity (Wildman–Crippen MR) is 157 cm³/mol. The minimum Gasteiger partial charge on any atom is -0.508 e. The molecule has 6 atom stereocenters. The van der Waals surface area contributed by atoms with Gasteiger partial charge in [-0.15, -0.1) is 0 Å². The Morgan fingerprint density at radius 2 is 1.73 bits per heavy atom. The first-order chi connectivity index (χ1) is 20.6. The molecule has 0 saturated heterocycles. The third-order valence-corrected chi connectivity index (χ3v) is 10.2. The van der Waals surface area contributed by atoms with Gasteiger partial charge in [-0.05, 0) is 58.1 Å². The number of ether oxygens (including phenoxy) is 1. The highest BCUT2D eigenvalue weighted by molar-refractivity contribution is 7.54. The molecule has 12 nitrogen and oxygen atoms in total. The predicted octanol–water partition coefficient (Wildman–Crippen LogP) is 3.28. The summed E-state index contributed by atoms with van der Waals surface area (Å²) in [5.74, 6) is -6.69. The molecular formula is C31H34NO11P. The number of nitrogens with zero attached hydrogens (tertiary/aromatic N) is 1. The lowest BCUT2D eigenvalue weighted by atomic mass is 9.54.